The van der Waals surface area contributed by atoms with E-state index in [4.69, 9.17) is 9.47 Å². The Bertz CT molecular complexity index is 379. The third-order valence-electron chi connectivity index (χ3n) is 4.38. The van der Waals surface area contributed by atoms with Crippen LogP contribution < -0.4 is 5.32 Å². The summed E-state index contributed by atoms with van der Waals surface area (Å²) in [5, 5.41) is 3.58. The molecule has 1 fully saturated rings. The zero-order valence-corrected chi connectivity index (χ0v) is 16.1. The fraction of sp³-hybridized carbons (Fsp3) is 0.944. The van der Waals surface area contributed by atoms with Gasteiger partial charge in [-0.15, -0.1) is 0 Å². The van der Waals surface area contributed by atoms with Crippen LogP contribution in [0.5, 0.6) is 0 Å². The topological polar surface area (TPSA) is 50.8 Å². The molecule has 2 unspecified atom stereocenters. The maximum atomic E-state index is 12.3. The van der Waals surface area contributed by atoms with E-state index in [1.54, 1.807) is 4.90 Å². The molecule has 1 saturated heterocycles. The van der Waals surface area contributed by atoms with Crippen molar-refractivity contribution in [2.75, 3.05) is 19.7 Å². The molecule has 0 saturated carbocycles. The second-order valence-corrected chi connectivity index (χ2v) is 8.06. The second kappa shape index (κ2) is 8.34. The van der Waals surface area contributed by atoms with Crippen LogP contribution in [-0.4, -0.2) is 54.0 Å². The second-order valence-electron chi connectivity index (χ2n) is 8.06. The number of hydrogen-bond donors (Lipinski definition) is 1. The van der Waals surface area contributed by atoms with Crippen LogP contribution in [0.15, 0.2) is 0 Å². The van der Waals surface area contributed by atoms with Crippen molar-refractivity contribution in [3.8, 4) is 0 Å². The summed E-state index contributed by atoms with van der Waals surface area (Å²) in [5.74, 6) is 0. The van der Waals surface area contributed by atoms with Crippen LogP contribution in [0.4, 0.5) is 4.79 Å². The van der Waals surface area contributed by atoms with Gasteiger partial charge in [0.1, 0.15) is 5.60 Å². The third-order valence-corrected chi connectivity index (χ3v) is 4.38. The summed E-state index contributed by atoms with van der Waals surface area (Å²) in [6, 6.07) is 0.587. The Morgan fingerprint density at radius 1 is 1.43 bits per heavy atom. The lowest BCUT2D eigenvalue weighted by molar-refractivity contribution is -0.0781. The average molecular weight is 328 g/mol. The summed E-state index contributed by atoms with van der Waals surface area (Å²) >= 11 is 0. The molecular formula is C18H36N2O3. The van der Waals surface area contributed by atoms with Crippen LogP contribution in [-0.2, 0) is 9.47 Å². The quantitative estimate of drug-likeness (QED) is 0.810. The molecule has 0 spiro atoms. The lowest BCUT2D eigenvalue weighted by Crippen LogP contribution is -2.48. The van der Waals surface area contributed by atoms with Gasteiger partial charge in [0.05, 0.1) is 5.60 Å². The first-order valence-electron chi connectivity index (χ1n) is 8.93. The van der Waals surface area contributed by atoms with E-state index in [0.29, 0.717) is 12.6 Å². The monoisotopic (exact) mass is 328 g/mol. The number of carbonyl (C=O) groups is 1. The summed E-state index contributed by atoms with van der Waals surface area (Å²) in [6.07, 6.45) is 2.85. The molecule has 1 N–H and O–H groups in total. The molecule has 0 radical (unpaired) electrons. The van der Waals surface area contributed by atoms with E-state index in [1.165, 1.54) is 0 Å². The molecule has 5 nitrogen and oxygen atoms in total. The van der Waals surface area contributed by atoms with Gasteiger partial charge in [-0.3, -0.25) is 0 Å². The summed E-state index contributed by atoms with van der Waals surface area (Å²) < 4.78 is 11.4. The Labute approximate surface area is 142 Å². The summed E-state index contributed by atoms with van der Waals surface area (Å²) in [7, 11) is 0. The Hall–Kier alpha value is -0.810. The van der Waals surface area contributed by atoms with Gasteiger partial charge in [-0.05, 0) is 60.8 Å². The number of rotatable bonds is 6. The Morgan fingerprint density at radius 2 is 2.09 bits per heavy atom. The molecule has 0 aliphatic carbocycles. The van der Waals surface area contributed by atoms with Crippen molar-refractivity contribution >= 4 is 6.09 Å². The third kappa shape index (κ3) is 7.08. The molecule has 0 bridgehead atoms. The van der Waals surface area contributed by atoms with Crippen LogP contribution in [0.25, 0.3) is 0 Å². The highest BCUT2D eigenvalue weighted by Gasteiger charge is 2.31. The minimum atomic E-state index is -0.457. The summed E-state index contributed by atoms with van der Waals surface area (Å²) in [6.45, 7) is 16.3. The van der Waals surface area contributed by atoms with Crippen LogP contribution in [0.3, 0.4) is 0 Å². The van der Waals surface area contributed by atoms with E-state index < -0.39 is 5.60 Å². The zero-order chi connectivity index (χ0) is 17.7. The highest BCUT2D eigenvalue weighted by atomic mass is 16.6. The zero-order valence-electron chi connectivity index (χ0n) is 16.1. The number of ether oxygens (including phenoxy) is 2. The van der Waals surface area contributed by atoms with Crippen LogP contribution in [0, 0.1) is 0 Å². The van der Waals surface area contributed by atoms with Gasteiger partial charge in [0.25, 0.3) is 0 Å². The molecule has 2 atom stereocenters. The number of amides is 1. The Kier molecular flexibility index (Phi) is 7.33. The molecule has 0 aromatic carbocycles. The average Bonchev–Trinajstić information content (AvgIpc) is 2.41. The first-order valence-corrected chi connectivity index (χ1v) is 8.93. The van der Waals surface area contributed by atoms with E-state index >= 15 is 0 Å². The number of nitrogens with one attached hydrogen (secondary N) is 1. The van der Waals surface area contributed by atoms with Crippen molar-refractivity contribution < 1.29 is 14.3 Å². The van der Waals surface area contributed by atoms with Crippen LogP contribution in [0.1, 0.15) is 67.7 Å². The largest absolute Gasteiger partial charge is 0.444 e. The standard InChI is InChI=1S/C18H36N2O3/c1-8-18(7)13-15(9-12-22-18)19-10-11-20(14(2)3)16(21)23-17(4,5)6/h14-15,19H,8-13H2,1-7H3. The van der Waals surface area contributed by atoms with E-state index in [1.807, 2.05) is 34.6 Å². The summed E-state index contributed by atoms with van der Waals surface area (Å²) in [5.41, 5.74) is -0.472. The molecule has 136 valence electrons. The van der Waals surface area contributed by atoms with Crippen LogP contribution in [0.2, 0.25) is 0 Å². The fourth-order valence-corrected chi connectivity index (χ4v) is 2.82. The molecule has 1 amide bonds. The maximum absolute atomic E-state index is 12.3. The minimum Gasteiger partial charge on any atom is -0.444 e. The number of hydrogen-bond acceptors (Lipinski definition) is 4. The van der Waals surface area contributed by atoms with Crippen molar-refractivity contribution in [1.82, 2.24) is 10.2 Å². The van der Waals surface area contributed by atoms with Gasteiger partial charge in [-0.2, -0.15) is 0 Å². The van der Waals surface area contributed by atoms with Crippen molar-refractivity contribution in [2.24, 2.45) is 0 Å². The maximum Gasteiger partial charge on any atom is 0.410 e. The number of nitrogens with zero attached hydrogens (tertiary/aromatic N) is 1. The van der Waals surface area contributed by atoms with E-state index in [9.17, 15) is 4.79 Å². The van der Waals surface area contributed by atoms with E-state index in [0.717, 1.165) is 32.4 Å². The lowest BCUT2D eigenvalue weighted by Gasteiger charge is -2.38. The molecule has 0 aromatic heterocycles. The van der Waals surface area contributed by atoms with Crippen molar-refractivity contribution in [3.63, 3.8) is 0 Å². The molecule has 0 aromatic rings. The highest BCUT2D eigenvalue weighted by Crippen LogP contribution is 2.27. The molecule has 23 heavy (non-hydrogen) atoms. The van der Waals surface area contributed by atoms with Gasteiger partial charge in [0.2, 0.25) is 0 Å². The first-order chi connectivity index (χ1) is 10.6. The normalized spacial score (nSPS) is 25.5. The molecular weight excluding hydrogens is 292 g/mol. The predicted octanol–water partition coefficient (Wildman–Crippen LogP) is 3.57. The van der Waals surface area contributed by atoms with Crippen molar-refractivity contribution in [2.45, 2.75) is 91.0 Å². The van der Waals surface area contributed by atoms with Crippen molar-refractivity contribution in [1.29, 1.82) is 0 Å². The van der Waals surface area contributed by atoms with E-state index in [-0.39, 0.29) is 17.7 Å². The fourth-order valence-electron chi connectivity index (χ4n) is 2.82. The Morgan fingerprint density at radius 3 is 2.61 bits per heavy atom. The van der Waals surface area contributed by atoms with Crippen molar-refractivity contribution in [3.05, 3.63) is 0 Å². The molecule has 5 heteroatoms. The van der Waals surface area contributed by atoms with E-state index in [2.05, 4.69) is 19.2 Å². The summed E-state index contributed by atoms with van der Waals surface area (Å²) in [4.78, 5) is 14.1. The molecule has 1 rings (SSSR count). The van der Waals surface area contributed by atoms with Crippen LogP contribution >= 0.6 is 0 Å². The lowest BCUT2D eigenvalue weighted by atomic mass is 9.90. The van der Waals surface area contributed by atoms with Gasteiger partial charge < -0.3 is 19.7 Å². The SMILES string of the molecule is CCC1(C)CC(NCCN(C(=O)OC(C)(C)C)C(C)C)CCO1. The smallest absolute Gasteiger partial charge is 0.410 e. The van der Waals surface area contributed by atoms with Gasteiger partial charge >= 0.3 is 6.09 Å². The van der Waals surface area contributed by atoms with Gasteiger partial charge in [0, 0.05) is 31.8 Å². The first kappa shape index (κ1) is 20.2. The molecule has 1 aliphatic rings. The van der Waals surface area contributed by atoms with Gasteiger partial charge in [-0.1, -0.05) is 6.92 Å². The number of carbonyl (C=O) groups excluding carboxylic acids is 1. The minimum absolute atomic E-state index is 0.0151. The van der Waals surface area contributed by atoms with Gasteiger partial charge in [0.15, 0.2) is 0 Å². The highest BCUT2D eigenvalue weighted by molar-refractivity contribution is 5.68. The predicted molar refractivity (Wildman–Crippen MR) is 93.7 cm³/mol. The van der Waals surface area contributed by atoms with Gasteiger partial charge in [-0.25, -0.2) is 4.79 Å². The molecule has 1 aliphatic heterocycles. The molecule has 1 heterocycles. The Balaban J connectivity index is 2.45.